The molecule has 27 heavy (non-hydrogen) atoms. The van der Waals surface area contributed by atoms with E-state index >= 15 is 0 Å². The van der Waals surface area contributed by atoms with Gasteiger partial charge in [0.25, 0.3) is 11.8 Å². The summed E-state index contributed by atoms with van der Waals surface area (Å²) >= 11 is 5.96. The maximum absolute atomic E-state index is 12.8. The number of carbonyl (C=O) groups excluding carboxylic acids is 2. The van der Waals surface area contributed by atoms with E-state index in [9.17, 15) is 9.59 Å². The van der Waals surface area contributed by atoms with Gasteiger partial charge in [-0.1, -0.05) is 35.9 Å². The molecule has 142 valence electrons. The zero-order valence-corrected chi connectivity index (χ0v) is 16.2. The SMILES string of the molecule is CC(Oc1cccc(Cl)c1)C(=O)N1CCN(C(=O)c2ccccc2)C[C@H]1C. The second-order valence-electron chi connectivity index (χ2n) is 6.72. The molecule has 2 atom stereocenters. The highest BCUT2D eigenvalue weighted by Crippen LogP contribution is 2.20. The number of nitrogens with zero attached hydrogens (tertiary/aromatic N) is 2. The molecule has 1 unspecified atom stereocenters. The number of rotatable bonds is 4. The molecule has 2 aromatic rings. The molecule has 1 fully saturated rings. The van der Waals surface area contributed by atoms with Gasteiger partial charge in [-0.15, -0.1) is 0 Å². The van der Waals surface area contributed by atoms with Crippen LogP contribution >= 0.6 is 11.6 Å². The predicted octanol–water partition coefficient (Wildman–Crippen LogP) is 3.48. The zero-order valence-electron chi connectivity index (χ0n) is 15.5. The van der Waals surface area contributed by atoms with Gasteiger partial charge in [0, 0.05) is 36.3 Å². The minimum absolute atomic E-state index is 0.00206. The van der Waals surface area contributed by atoms with Gasteiger partial charge >= 0.3 is 0 Å². The molecule has 0 N–H and O–H groups in total. The first-order valence-corrected chi connectivity index (χ1v) is 9.40. The van der Waals surface area contributed by atoms with Crippen molar-refractivity contribution in [2.75, 3.05) is 19.6 Å². The summed E-state index contributed by atoms with van der Waals surface area (Å²) in [5.74, 6) is 0.473. The van der Waals surface area contributed by atoms with Crippen molar-refractivity contribution in [3.05, 3.63) is 65.2 Å². The lowest BCUT2D eigenvalue weighted by molar-refractivity contribution is -0.142. The van der Waals surface area contributed by atoms with Crippen molar-refractivity contribution in [3.8, 4) is 5.75 Å². The number of ether oxygens (including phenoxy) is 1. The quantitative estimate of drug-likeness (QED) is 0.808. The number of carbonyl (C=O) groups is 2. The van der Waals surface area contributed by atoms with Crippen molar-refractivity contribution in [2.45, 2.75) is 26.0 Å². The summed E-state index contributed by atoms with van der Waals surface area (Å²) in [6, 6.07) is 16.1. The van der Waals surface area contributed by atoms with E-state index in [2.05, 4.69) is 0 Å². The fourth-order valence-electron chi connectivity index (χ4n) is 3.26. The number of benzene rings is 2. The summed E-state index contributed by atoms with van der Waals surface area (Å²) in [6.07, 6.45) is -0.623. The van der Waals surface area contributed by atoms with Gasteiger partial charge in [-0.05, 0) is 44.2 Å². The Labute approximate surface area is 164 Å². The van der Waals surface area contributed by atoms with Crippen LogP contribution in [0.4, 0.5) is 0 Å². The highest BCUT2D eigenvalue weighted by atomic mass is 35.5. The van der Waals surface area contributed by atoms with Crippen molar-refractivity contribution >= 4 is 23.4 Å². The smallest absolute Gasteiger partial charge is 0.263 e. The molecule has 2 amide bonds. The first-order chi connectivity index (χ1) is 13.0. The van der Waals surface area contributed by atoms with Crippen molar-refractivity contribution in [1.82, 2.24) is 9.80 Å². The van der Waals surface area contributed by atoms with E-state index in [1.807, 2.05) is 37.3 Å². The van der Waals surface area contributed by atoms with E-state index < -0.39 is 6.10 Å². The minimum Gasteiger partial charge on any atom is -0.481 e. The van der Waals surface area contributed by atoms with Gasteiger partial charge < -0.3 is 14.5 Å². The first kappa shape index (κ1) is 19.2. The molecule has 1 aliphatic heterocycles. The molecule has 3 rings (SSSR count). The van der Waals surface area contributed by atoms with Gasteiger partial charge in [0.1, 0.15) is 5.75 Å². The lowest BCUT2D eigenvalue weighted by Crippen LogP contribution is -2.57. The van der Waals surface area contributed by atoms with Crippen LogP contribution in [0.25, 0.3) is 0 Å². The Hall–Kier alpha value is -2.53. The van der Waals surface area contributed by atoms with E-state index in [1.54, 1.807) is 41.0 Å². The molecule has 0 aliphatic carbocycles. The van der Waals surface area contributed by atoms with Gasteiger partial charge in [-0.2, -0.15) is 0 Å². The molecule has 1 heterocycles. The lowest BCUT2D eigenvalue weighted by Gasteiger charge is -2.40. The average molecular weight is 387 g/mol. The Morgan fingerprint density at radius 3 is 2.52 bits per heavy atom. The Morgan fingerprint density at radius 1 is 1.11 bits per heavy atom. The summed E-state index contributed by atoms with van der Waals surface area (Å²) in [7, 11) is 0. The fraction of sp³-hybridized carbons (Fsp3) is 0.333. The molecule has 0 saturated carbocycles. The monoisotopic (exact) mass is 386 g/mol. The molecule has 1 aliphatic rings. The second kappa shape index (κ2) is 8.44. The van der Waals surface area contributed by atoms with Crippen molar-refractivity contribution in [1.29, 1.82) is 0 Å². The summed E-state index contributed by atoms with van der Waals surface area (Å²) in [4.78, 5) is 29.0. The Bertz CT molecular complexity index is 812. The summed E-state index contributed by atoms with van der Waals surface area (Å²) in [6.45, 7) is 5.19. The topological polar surface area (TPSA) is 49.9 Å². The van der Waals surface area contributed by atoms with Crippen molar-refractivity contribution in [3.63, 3.8) is 0 Å². The number of halogens is 1. The molecule has 0 radical (unpaired) electrons. The molecule has 2 aromatic carbocycles. The van der Waals surface area contributed by atoms with Crippen LogP contribution in [0.1, 0.15) is 24.2 Å². The van der Waals surface area contributed by atoms with E-state index in [-0.39, 0.29) is 17.9 Å². The van der Waals surface area contributed by atoms with Crippen LogP contribution in [0.3, 0.4) is 0 Å². The third-order valence-electron chi connectivity index (χ3n) is 4.68. The Morgan fingerprint density at radius 2 is 1.85 bits per heavy atom. The van der Waals surface area contributed by atoms with E-state index in [4.69, 9.17) is 16.3 Å². The standard InChI is InChI=1S/C21H23ClN2O3/c1-15-14-23(21(26)17-7-4-3-5-8-17)11-12-24(15)20(25)16(2)27-19-10-6-9-18(22)13-19/h3-10,13,15-16H,11-12,14H2,1-2H3/t15-,16?/m1/s1. The van der Waals surface area contributed by atoms with Crippen LogP contribution in [-0.2, 0) is 4.79 Å². The van der Waals surface area contributed by atoms with E-state index in [1.165, 1.54) is 0 Å². The van der Waals surface area contributed by atoms with Gasteiger partial charge in [-0.25, -0.2) is 0 Å². The normalized spacial score (nSPS) is 18.1. The molecule has 1 saturated heterocycles. The molecule has 0 aromatic heterocycles. The van der Waals surface area contributed by atoms with Crippen LogP contribution in [0.2, 0.25) is 5.02 Å². The van der Waals surface area contributed by atoms with Gasteiger partial charge in [0.2, 0.25) is 0 Å². The van der Waals surface area contributed by atoms with Crippen LogP contribution in [0.15, 0.2) is 54.6 Å². The highest BCUT2D eigenvalue weighted by Gasteiger charge is 2.32. The van der Waals surface area contributed by atoms with E-state index in [0.717, 1.165) is 0 Å². The molecule has 0 spiro atoms. The minimum atomic E-state index is -0.623. The van der Waals surface area contributed by atoms with Crippen LogP contribution in [-0.4, -0.2) is 53.4 Å². The maximum Gasteiger partial charge on any atom is 0.263 e. The third-order valence-corrected chi connectivity index (χ3v) is 4.91. The molecule has 5 nitrogen and oxygen atoms in total. The van der Waals surface area contributed by atoms with Gasteiger partial charge in [0.05, 0.1) is 0 Å². The Kier molecular flexibility index (Phi) is 6.01. The molecular weight excluding hydrogens is 364 g/mol. The highest BCUT2D eigenvalue weighted by molar-refractivity contribution is 6.30. The van der Waals surface area contributed by atoms with Crippen LogP contribution < -0.4 is 4.74 Å². The van der Waals surface area contributed by atoms with Crippen LogP contribution in [0, 0.1) is 0 Å². The molecule has 0 bridgehead atoms. The number of amides is 2. The van der Waals surface area contributed by atoms with Gasteiger partial charge in [0.15, 0.2) is 6.10 Å². The van der Waals surface area contributed by atoms with Gasteiger partial charge in [-0.3, -0.25) is 9.59 Å². The lowest BCUT2D eigenvalue weighted by atomic mass is 10.1. The Balaban J connectivity index is 1.60. The number of hydrogen-bond acceptors (Lipinski definition) is 3. The number of hydrogen-bond donors (Lipinski definition) is 0. The van der Waals surface area contributed by atoms with Crippen molar-refractivity contribution in [2.24, 2.45) is 0 Å². The summed E-state index contributed by atoms with van der Waals surface area (Å²) in [5.41, 5.74) is 0.669. The molecule has 6 heteroatoms. The van der Waals surface area contributed by atoms with E-state index in [0.29, 0.717) is 36.0 Å². The molecular formula is C21H23ClN2O3. The maximum atomic E-state index is 12.8. The first-order valence-electron chi connectivity index (χ1n) is 9.02. The second-order valence-corrected chi connectivity index (χ2v) is 7.15. The largest absolute Gasteiger partial charge is 0.481 e. The predicted molar refractivity (Wildman–Crippen MR) is 105 cm³/mol. The number of piperazine rings is 1. The van der Waals surface area contributed by atoms with Crippen LogP contribution in [0.5, 0.6) is 5.75 Å². The summed E-state index contributed by atoms with van der Waals surface area (Å²) < 4.78 is 5.75. The summed E-state index contributed by atoms with van der Waals surface area (Å²) in [5, 5.41) is 0.563. The zero-order chi connectivity index (χ0) is 19.4. The third kappa shape index (κ3) is 4.61. The van der Waals surface area contributed by atoms with Crippen molar-refractivity contribution < 1.29 is 14.3 Å². The average Bonchev–Trinajstić information content (AvgIpc) is 2.67. The fourth-order valence-corrected chi connectivity index (χ4v) is 3.44.